The van der Waals surface area contributed by atoms with Crippen LogP contribution in [0.5, 0.6) is 5.75 Å². The van der Waals surface area contributed by atoms with Crippen molar-refractivity contribution in [1.82, 2.24) is 0 Å². The molecule has 0 radical (unpaired) electrons. The van der Waals surface area contributed by atoms with E-state index >= 15 is 0 Å². The number of hydrogen-bond acceptors (Lipinski definition) is 1. The van der Waals surface area contributed by atoms with E-state index in [-0.39, 0.29) is 55.1 Å². The van der Waals surface area contributed by atoms with Gasteiger partial charge in [-0.2, -0.15) is 0 Å². The zero-order valence-corrected chi connectivity index (χ0v) is 24.6. The zero-order valence-electron chi connectivity index (χ0n) is 41.6. The molecule has 2 unspecified atom stereocenters. The van der Waals surface area contributed by atoms with Crippen LogP contribution >= 0.6 is 0 Å². The molecule has 0 bridgehead atoms. The molecule has 1 aliphatic heterocycles. The van der Waals surface area contributed by atoms with Crippen LogP contribution in [0.2, 0.25) is 0 Å². The van der Waals surface area contributed by atoms with Gasteiger partial charge in [-0.15, -0.1) is 0 Å². The Bertz CT molecular complexity index is 3310. The molecular weight excluding hydrogens is 556 g/mol. The topological polar surface area (TPSA) is 9.23 Å². The van der Waals surface area contributed by atoms with Crippen molar-refractivity contribution in [1.29, 1.82) is 0 Å². The molecule has 2 atom stereocenters. The van der Waals surface area contributed by atoms with Crippen molar-refractivity contribution in [2.75, 3.05) is 0 Å². The maximum atomic E-state index is 9.92. The average Bonchev–Trinajstić information content (AvgIpc) is 3.77. The van der Waals surface area contributed by atoms with E-state index in [0.29, 0.717) is 5.56 Å². The molecule has 0 amide bonds. The molecule has 218 valence electrons. The Hall–Kier alpha value is -5.40. The highest BCUT2D eigenvalue weighted by Gasteiger charge is 2.38. The number of ether oxygens (including phenoxy) is 1. The molecular formula is C45H32O. The van der Waals surface area contributed by atoms with E-state index in [4.69, 9.17) is 18.4 Å². The number of rotatable bonds is 2. The highest BCUT2D eigenvalue weighted by molar-refractivity contribution is 6.21. The Labute approximate surface area is 293 Å². The second kappa shape index (κ2) is 9.31. The number of benzene rings is 7. The summed E-state index contributed by atoms with van der Waals surface area (Å²) in [5.41, 5.74) is 2.28. The molecule has 3 aliphatic rings. The molecule has 0 saturated carbocycles. The van der Waals surface area contributed by atoms with Gasteiger partial charge in [0.15, 0.2) is 0 Å². The smallest absolute Gasteiger partial charge is 0.128 e. The second-order valence-electron chi connectivity index (χ2n) is 12.2. The standard InChI is InChI=1S/C45H32O/c1-45(2)38-18-10-9-13-31(38)32-22-19-29(26-39(32)45)43-35-16-7-5-14-33(35)42(34-15-6-8-17-36(34)43)28-21-23-40-37(25-28)44-30-12-4-3-11-27(30)20-24-41(44)46-40/h3-26,41,44H,1-2H3/i3D,4D,5D,6D,7D,8D,11D,12D,14D,15D,16D,17D,20D,21D,23D,24D,25D. The van der Waals surface area contributed by atoms with Crippen molar-refractivity contribution in [3.63, 3.8) is 0 Å². The molecule has 46 heavy (non-hydrogen) atoms. The first kappa shape index (κ1) is 14.4. The van der Waals surface area contributed by atoms with E-state index in [1.807, 2.05) is 50.2 Å². The third-order valence-electron chi connectivity index (χ3n) is 9.53. The predicted octanol–water partition coefficient (Wildman–Crippen LogP) is 11.6. The maximum absolute atomic E-state index is 9.92. The van der Waals surface area contributed by atoms with E-state index in [2.05, 4.69) is 0 Å². The van der Waals surface area contributed by atoms with Gasteiger partial charge in [-0.3, -0.25) is 0 Å². The molecule has 10 rings (SSSR count). The highest BCUT2D eigenvalue weighted by Crippen LogP contribution is 2.52. The van der Waals surface area contributed by atoms with Gasteiger partial charge >= 0.3 is 0 Å². The van der Waals surface area contributed by atoms with Gasteiger partial charge in [-0.1, -0.05) is 135 Å². The second-order valence-corrected chi connectivity index (χ2v) is 12.2. The largest absolute Gasteiger partial charge is 0.485 e. The molecule has 7 aromatic rings. The van der Waals surface area contributed by atoms with Crippen LogP contribution in [0, 0.1) is 0 Å². The van der Waals surface area contributed by atoms with Crippen LogP contribution in [-0.4, -0.2) is 6.10 Å². The molecule has 1 heteroatoms. The lowest BCUT2D eigenvalue weighted by Crippen LogP contribution is -2.20. The van der Waals surface area contributed by atoms with Gasteiger partial charge in [-0.25, -0.2) is 0 Å². The minimum Gasteiger partial charge on any atom is -0.485 e. The predicted molar refractivity (Wildman–Crippen MR) is 192 cm³/mol. The van der Waals surface area contributed by atoms with Crippen molar-refractivity contribution >= 4 is 27.6 Å². The summed E-state index contributed by atoms with van der Waals surface area (Å²) in [6.07, 6.45) is -1.46. The zero-order chi connectivity index (χ0) is 45.4. The van der Waals surface area contributed by atoms with Gasteiger partial charge in [0.2, 0.25) is 0 Å². The summed E-state index contributed by atoms with van der Waals surface area (Å²) >= 11 is 0. The normalized spacial score (nSPS) is 23.7. The van der Waals surface area contributed by atoms with Crippen LogP contribution in [0.3, 0.4) is 0 Å². The Balaban J connectivity index is 1.40. The summed E-state index contributed by atoms with van der Waals surface area (Å²) < 4.78 is 160. The third-order valence-corrected chi connectivity index (χ3v) is 9.53. The molecule has 0 saturated heterocycles. The van der Waals surface area contributed by atoms with E-state index < -0.39 is 126 Å². The van der Waals surface area contributed by atoms with Crippen molar-refractivity contribution in [3.8, 4) is 39.1 Å². The summed E-state index contributed by atoms with van der Waals surface area (Å²) in [7, 11) is 0. The fraction of sp³-hybridized carbons (Fsp3) is 0.111. The van der Waals surface area contributed by atoms with Crippen LogP contribution in [0.4, 0.5) is 0 Å². The quantitative estimate of drug-likeness (QED) is 0.178. The van der Waals surface area contributed by atoms with Gasteiger partial charge in [0, 0.05) is 11.0 Å². The average molecular weight is 606 g/mol. The third kappa shape index (κ3) is 3.46. The van der Waals surface area contributed by atoms with Crippen LogP contribution in [-0.2, 0) is 5.41 Å². The molecule has 0 aromatic heterocycles. The fourth-order valence-electron chi connectivity index (χ4n) is 7.42. The summed E-state index contributed by atoms with van der Waals surface area (Å²) in [5, 5.41) is -0.883. The number of fused-ring (bicyclic) bond motifs is 10. The molecule has 7 aromatic carbocycles. The van der Waals surface area contributed by atoms with Crippen LogP contribution in [0.1, 0.15) is 70.9 Å². The SMILES string of the molecule is [2H]C1=C([2H])C2Oc3c([2H])c([2H])c(-c4c5c([2H])c([2H])c([2H])c([2H])c5c(-c5ccc6c(c5)C(C)(C)c5ccccc5-6)c5c([2H])c([2H])c([2H])c([2H])c45)c([2H])c3C2c2c([2H])c([2H])c([2H])c([2H])c21. The Kier molecular flexibility index (Phi) is 2.91. The summed E-state index contributed by atoms with van der Waals surface area (Å²) in [6, 6.07) is 2.81. The first-order chi connectivity index (χ1) is 29.7. The van der Waals surface area contributed by atoms with Crippen molar-refractivity contribution < 1.29 is 28.0 Å². The summed E-state index contributed by atoms with van der Waals surface area (Å²) in [6.45, 7) is 4.09. The van der Waals surface area contributed by atoms with E-state index in [1.165, 1.54) is 0 Å². The van der Waals surface area contributed by atoms with Gasteiger partial charge in [0.1, 0.15) is 11.9 Å². The molecule has 0 N–H and O–H groups in total. The molecule has 1 heterocycles. The minimum absolute atomic E-state index is 0.0650. The van der Waals surface area contributed by atoms with Crippen LogP contribution in [0.15, 0.2) is 139 Å². The van der Waals surface area contributed by atoms with E-state index in [9.17, 15) is 9.60 Å². The molecule has 0 spiro atoms. The van der Waals surface area contributed by atoms with Crippen molar-refractivity contribution in [3.05, 3.63) is 167 Å². The Morgan fingerprint density at radius 3 is 2.04 bits per heavy atom. The fourth-order valence-corrected chi connectivity index (χ4v) is 7.42. The van der Waals surface area contributed by atoms with E-state index in [0.717, 1.165) is 22.3 Å². The first-order valence-electron chi connectivity index (χ1n) is 23.5. The molecule has 0 fully saturated rings. The number of hydrogen-bond donors (Lipinski definition) is 0. The lowest BCUT2D eigenvalue weighted by molar-refractivity contribution is 0.267. The van der Waals surface area contributed by atoms with Gasteiger partial charge in [0.25, 0.3) is 0 Å². The van der Waals surface area contributed by atoms with Gasteiger partial charge in [-0.05, 0) is 101 Å². The highest BCUT2D eigenvalue weighted by atomic mass is 16.5. The Morgan fingerprint density at radius 2 is 1.28 bits per heavy atom. The minimum atomic E-state index is -1.46. The monoisotopic (exact) mass is 605 g/mol. The van der Waals surface area contributed by atoms with Crippen molar-refractivity contribution in [2.45, 2.75) is 31.3 Å². The first-order valence-corrected chi connectivity index (χ1v) is 15.0. The van der Waals surface area contributed by atoms with Gasteiger partial charge < -0.3 is 4.74 Å². The molecule has 1 nitrogen and oxygen atoms in total. The molecule has 2 aliphatic carbocycles. The van der Waals surface area contributed by atoms with Crippen molar-refractivity contribution in [2.24, 2.45) is 0 Å². The van der Waals surface area contributed by atoms with Gasteiger partial charge in [0.05, 0.1) is 29.2 Å². The maximum Gasteiger partial charge on any atom is 0.128 e. The summed E-state index contributed by atoms with van der Waals surface area (Å²) in [5.74, 6) is -1.75. The van der Waals surface area contributed by atoms with Crippen LogP contribution < -0.4 is 4.74 Å². The lowest BCUT2D eigenvalue weighted by Gasteiger charge is -2.23. The van der Waals surface area contributed by atoms with Crippen LogP contribution in [0.25, 0.3) is 61.0 Å². The van der Waals surface area contributed by atoms with E-state index in [1.54, 1.807) is 6.07 Å². The lowest BCUT2D eigenvalue weighted by atomic mass is 9.79. The summed E-state index contributed by atoms with van der Waals surface area (Å²) in [4.78, 5) is 0. The Morgan fingerprint density at radius 1 is 0.630 bits per heavy atom.